The summed E-state index contributed by atoms with van der Waals surface area (Å²) in [4.78, 5) is 21.7. The fraction of sp³-hybridized carbons (Fsp3) is 0.636. The number of nitrogens with zero attached hydrogens (tertiary/aromatic N) is 3. The van der Waals surface area contributed by atoms with Gasteiger partial charge in [-0.25, -0.2) is 4.68 Å². The summed E-state index contributed by atoms with van der Waals surface area (Å²) in [5.74, 6) is -0.189. The van der Waals surface area contributed by atoms with Crippen molar-refractivity contribution in [3.8, 4) is 0 Å². The van der Waals surface area contributed by atoms with Gasteiger partial charge in [-0.2, -0.15) is 5.10 Å². The van der Waals surface area contributed by atoms with Crippen molar-refractivity contribution in [2.45, 2.75) is 39.2 Å². The van der Waals surface area contributed by atoms with E-state index in [1.54, 1.807) is 27.8 Å². The molecule has 0 spiro atoms. The molecule has 0 aromatic carbocycles. The summed E-state index contributed by atoms with van der Waals surface area (Å²) in [6, 6.07) is 0. The Hall–Kier alpha value is -2.12. The topological polar surface area (TPSA) is 116 Å². The number of carbonyl (C=O) groups is 1. The van der Waals surface area contributed by atoms with Gasteiger partial charge in [-0.3, -0.25) is 14.9 Å². The molecule has 0 unspecified atom stereocenters. The number of nitro groups is 1. The molecule has 8 heteroatoms. The Kier molecular flexibility index (Phi) is 4.13. The smallest absolute Gasteiger partial charge is 0.333 e. The van der Waals surface area contributed by atoms with Crippen LogP contribution in [0.15, 0.2) is 0 Å². The molecule has 1 heterocycles. The number of anilines is 1. The van der Waals surface area contributed by atoms with E-state index in [1.807, 2.05) is 0 Å². The highest BCUT2D eigenvalue weighted by atomic mass is 16.6. The maximum atomic E-state index is 11.1. The van der Waals surface area contributed by atoms with Crippen LogP contribution in [0.4, 0.5) is 11.5 Å². The monoisotopic (exact) mass is 269 g/mol. The van der Waals surface area contributed by atoms with Crippen LogP contribution in [0.25, 0.3) is 0 Å². The van der Waals surface area contributed by atoms with Gasteiger partial charge in [0.25, 0.3) is 0 Å². The van der Waals surface area contributed by atoms with Gasteiger partial charge >= 0.3 is 5.69 Å². The molecule has 3 N–H and O–H groups in total. The van der Waals surface area contributed by atoms with Gasteiger partial charge in [0.15, 0.2) is 0 Å². The Labute approximate surface area is 111 Å². The van der Waals surface area contributed by atoms with Crippen molar-refractivity contribution < 1.29 is 9.72 Å². The molecule has 0 radical (unpaired) electrons. The number of carbonyl (C=O) groups excluding carboxylic acids is 1. The number of primary amides is 1. The zero-order valence-corrected chi connectivity index (χ0v) is 11.6. The highest BCUT2D eigenvalue weighted by molar-refractivity contribution is 5.76. The molecule has 1 aromatic heterocycles. The third-order valence-corrected chi connectivity index (χ3v) is 2.68. The summed E-state index contributed by atoms with van der Waals surface area (Å²) < 4.78 is 1.42. The first-order valence-corrected chi connectivity index (χ1v) is 5.94. The molecule has 0 saturated heterocycles. The standard InChI is InChI=1S/C11H19N5O3/c1-5-7-9(16(18)19)10(15(4)14-7)13-11(2,3)6-8(12)17/h13H,5-6H2,1-4H3,(H2,12,17). The Morgan fingerprint density at radius 3 is 2.58 bits per heavy atom. The highest BCUT2D eigenvalue weighted by Gasteiger charge is 2.30. The first kappa shape index (κ1) is 14.9. The minimum Gasteiger partial charge on any atom is -0.370 e. The number of nitrogens with one attached hydrogen (secondary N) is 1. The van der Waals surface area contributed by atoms with Gasteiger partial charge in [-0.05, 0) is 20.3 Å². The van der Waals surface area contributed by atoms with Crippen molar-refractivity contribution in [1.29, 1.82) is 0 Å². The predicted octanol–water partition coefficient (Wildman–Crippen LogP) is 0.957. The first-order chi connectivity index (χ1) is 8.68. The zero-order valence-electron chi connectivity index (χ0n) is 11.6. The molecule has 0 saturated carbocycles. The average molecular weight is 269 g/mol. The lowest BCUT2D eigenvalue weighted by atomic mass is 10.0. The van der Waals surface area contributed by atoms with Crippen LogP contribution in [-0.2, 0) is 18.3 Å². The van der Waals surface area contributed by atoms with Crippen molar-refractivity contribution in [2.75, 3.05) is 5.32 Å². The average Bonchev–Trinajstić information content (AvgIpc) is 2.52. The van der Waals surface area contributed by atoms with Gasteiger partial charge in [0, 0.05) is 19.0 Å². The number of hydrogen-bond donors (Lipinski definition) is 2. The summed E-state index contributed by atoms with van der Waals surface area (Å²) in [6.07, 6.45) is 0.527. The maximum absolute atomic E-state index is 11.1. The SMILES string of the molecule is CCc1nn(C)c(NC(C)(C)CC(N)=O)c1[N+](=O)[O-]. The fourth-order valence-electron chi connectivity index (χ4n) is 1.94. The van der Waals surface area contributed by atoms with E-state index in [2.05, 4.69) is 10.4 Å². The second-order valence-electron chi connectivity index (χ2n) is 5.03. The number of hydrogen-bond acceptors (Lipinski definition) is 5. The van der Waals surface area contributed by atoms with Crippen LogP contribution in [-0.4, -0.2) is 26.1 Å². The van der Waals surface area contributed by atoms with Gasteiger partial charge in [0.05, 0.1) is 4.92 Å². The van der Waals surface area contributed by atoms with E-state index < -0.39 is 16.4 Å². The van der Waals surface area contributed by atoms with Crippen LogP contribution in [0, 0.1) is 10.1 Å². The molecule has 0 atom stereocenters. The number of nitrogens with two attached hydrogens (primary N) is 1. The lowest BCUT2D eigenvalue weighted by molar-refractivity contribution is -0.384. The van der Waals surface area contributed by atoms with Gasteiger partial charge < -0.3 is 11.1 Å². The second-order valence-corrected chi connectivity index (χ2v) is 5.03. The van der Waals surface area contributed by atoms with Crippen LogP contribution in [0.1, 0.15) is 32.9 Å². The van der Waals surface area contributed by atoms with Crippen molar-refractivity contribution in [2.24, 2.45) is 12.8 Å². The van der Waals surface area contributed by atoms with Crippen LogP contribution in [0.5, 0.6) is 0 Å². The van der Waals surface area contributed by atoms with E-state index in [4.69, 9.17) is 5.73 Å². The van der Waals surface area contributed by atoms with Gasteiger partial charge in [-0.15, -0.1) is 0 Å². The Morgan fingerprint density at radius 2 is 2.16 bits per heavy atom. The van der Waals surface area contributed by atoms with E-state index in [9.17, 15) is 14.9 Å². The van der Waals surface area contributed by atoms with Gasteiger partial charge in [0.2, 0.25) is 11.7 Å². The van der Waals surface area contributed by atoms with Crippen molar-refractivity contribution in [1.82, 2.24) is 9.78 Å². The largest absolute Gasteiger partial charge is 0.370 e. The summed E-state index contributed by atoms with van der Waals surface area (Å²) in [7, 11) is 1.62. The molecule has 1 aromatic rings. The van der Waals surface area contributed by atoms with Crippen LogP contribution in [0.3, 0.4) is 0 Å². The molecule has 8 nitrogen and oxygen atoms in total. The predicted molar refractivity (Wildman–Crippen MR) is 70.8 cm³/mol. The molecule has 1 rings (SSSR count). The minimum absolute atomic E-state index is 0.0532. The summed E-state index contributed by atoms with van der Waals surface area (Å²) >= 11 is 0. The van der Waals surface area contributed by atoms with E-state index in [1.165, 1.54) is 4.68 Å². The summed E-state index contributed by atoms with van der Waals surface area (Å²) in [6.45, 7) is 5.30. The molecule has 1 amide bonds. The van der Waals surface area contributed by atoms with Crippen LogP contribution in [0.2, 0.25) is 0 Å². The quantitative estimate of drug-likeness (QED) is 0.589. The van der Waals surface area contributed by atoms with Gasteiger partial charge in [-0.1, -0.05) is 6.92 Å². The zero-order chi connectivity index (χ0) is 14.8. The molecular weight excluding hydrogens is 250 g/mol. The molecule has 0 aliphatic carbocycles. The summed E-state index contributed by atoms with van der Waals surface area (Å²) in [5.41, 5.74) is 4.83. The maximum Gasteiger partial charge on any atom is 0.333 e. The first-order valence-electron chi connectivity index (χ1n) is 5.94. The second kappa shape index (κ2) is 5.25. The van der Waals surface area contributed by atoms with Crippen LogP contribution >= 0.6 is 0 Å². The minimum atomic E-state index is -0.685. The van der Waals surface area contributed by atoms with E-state index in [0.717, 1.165) is 0 Å². The Morgan fingerprint density at radius 1 is 1.58 bits per heavy atom. The normalized spacial score (nSPS) is 11.4. The summed E-state index contributed by atoms with van der Waals surface area (Å²) in [5, 5.41) is 18.2. The number of aromatic nitrogens is 2. The van der Waals surface area contributed by atoms with Crippen LogP contribution < -0.4 is 11.1 Å². The van der Waals surface area contributed by atoms with Crippen molar-refractivity contribution >= 4 is 17.4 Å². The Bertz CT molecular complexity index is 507. The molecule has 0 fully saturated rings. The van der Waals surface area contributed by atoms with E-state index >= 15 is 0 Å². The number of amides is 1. The molecule has 106 valence electrons. The molecule has 0 aliphatic heterocycles. The third-order valence-electron chi connectivity index (χ3n) is 2.68. The highest BCUT2D eigenvalue weighted by Crippen LogP contribution is 2.31. The van der Waals surface area contributed by atoms with E-state index in [0.29, 0.717) is 12.1 Å². The molecule has 0 bridgehead atoms. The molecule has 19 heavy (non-hydrogen) atoms. The van der Waals surface area contributed by atoms with Gasteiger partial charge in [0.1, 0.15) is 5.69 Å². The van der Waals surface area contributed by atoms with Crippen molar-refractivity contribution in [3.05, 3.63) is 15.8 Å². The lowest BCUT2D eigenvalue weighted by Crippen LogP contribution is -2.36. The molecular formula is C11H19N5O3. The third kappa shape index (κ3) is 3.43. The molecule has 0 aliphatic rings. The Balaban J connectivity index is 3.17. The van der Waals surface area contributed by atoms with Crippen molar-refractivity contribution in [3.63, 3.8) is 0 Å². The number of aryl methyl sites for hydroxylation is 2. The fourth-order valence-corrected chi connectivity index (χ4v) is 1.94. The van der Waals surface area contributed by atoms with E-state index in [-0.39, 0.29) is 17.9 Å². The lowest BCUT2D eigenvalue weighted by Gasteiger charge is -2.25. The number of rotatable bonds is 6.